The van der Waals surface area contributed by atoms with Crippen LogP contribution in [0.3, 0.4) is 0 Å². The Balaban J connectivity index is 3.02. The van der Waals surface area contributed by atoms with E-state index in [1.165, 1.54) is 0 Å². The van der Waals surface area contributed by atoms with Gasteiger partial charge in [-0.3, -0.25) is 4.90 Å². The van der Waals surface area contributed by atoms with E-state index in [0.717, 1.165) is 19.5 Å². The lowest BCUT2D eigenvalue weighted by atomic mass is 9.91. The molecular weight excluding hydrogens is 252 g/mol. The lowest BCUT2D eigenvalue weighted by Gasteiger charge is -2.36. The zero-order valence-corrected chi connectivity index (χ0v) is 13.1. The molecule has 0 saturated carbocycles. The maximum absolute atomic E-state index is 10.0. The van der Waals surface area contributed by atoms with Gasteiger partial charge in [0.2, 0.25) is 0 Å². The fourth-order valence-electron chi connectivity index (χ4n) is 2.46. The number of phenolic OH excluding ortho intramolecular Hbond substituents is 2. The summed E-state index contributed by atoms with van der Waals surface area (Å²) in [5.74, 6) is 0.285. The van der Waals surface area contributed by atoms with Crippen LogP contribution in [0.4, 0.5) is 0 Å². The van der Waals surface area contributed by atoms with Gasteiger partial charge in [0.05, 0.1) is 5.56 Å². The first-order valence-electron chi connectivity index (χ1n) is 7.27. The van der Waals surface area contributed by atoms with Gasteiger partial charge in [-0.05, 0) is 44.0 Å². The highest BCUT2D eigenvalue weighted by Crippen LogP contribution is 2.36. The molecule has 1 aromatic carbocycles. The number of hydrogen-bond donors (Lipinski definition) is 3. The molecule has 0 fully saturated rings. The first kappa shape index (κ1) is 16.8. The molecule has 0 aliphatic heterocycles. The molecule has 0 aliphatic carbocycles. The minimum Gasteiger partial charge on any atom is -0.507 e. The Kier molecular flexibility index (Phi) is 5.84. The van der Waals surface area contributed by atoms with Gasteiger partial charge in [0.25, 0.3) is 0 Å². The van der Waals surface area contributed by atoms with Crippen molar-refractivity contribution in [3.63, 3.8) is 0 Å². The standard InChI is InChI=1S/C16H28N2O2/c1-5-9-18(11-16(3,4)10-17)12(2)15-13(19)7-6-8-14(15)20/h6-8,12,19-20H,5,9-11,17H2,1-4H3. The number of benzene rings is 1. The van der Waals surface area contributed by atoms with Crippen molar-refractivity contribution in [3.05, 3.63) is 23.8 Å². The van der Waals surface area contributed by atoms with E-state index in [-0.39, 0.29) is 23.0 Å². The molecular formula is C16H28N2O2. The van der Waals surface area contributed by atoms with E-state index in [1.807, 2.05) is 6.92 Å². The van der Waals surface area contributed by atoms with Crippen molar-refractivity contribution in [2.75, 3.05) is 19.6 Å². The fraction of sp³-hybridized carbons (Fsp3) is 0.625. The molecule has 1 atom stereocenters. The predicted octanol–water partition coefficient (Wildman–Crippen LogP) is 2.86. The van der Waals surface area contributed by atoms with E-state index in [9.17, 15) is 10.2 Å². The SMILES string of the molecule is CCCN(CC(C)(C)CN)C(C)c1c(O)cccc1O. The van der Waals surface area contributed by atoms with E-state index < -0.39 is 0 Å². The van der Waals surface area contributed by atoms with Gasteiger partial charge in [-0.25, -0.2) is 0 Å². The van der Waals surface area contributed by atoms with Gasteiger partial charge in [0.15, 0.2) is 0 Å². The Morgan fingerprint density at radius 1 is 1.25 bits per heavy atom. The number of aromatic hydroxyl groups is 2. The van der Waals surface area contributed by atoms with Gasteiger partial charge in [0.1, 0.15) is 11.5 Å². The second kappa shape index (κ2) is 6.95. The predicted molar refractivity (Wildman–Crippen MR) is 82.9 cm³/mol. The van der Waals surface area contributed by atoms with Crippen molar-refractivity contribution >= 4 is 0 Å². The van der Waals surface area contributed by atoms with Crippen molar-refractivity contribution in [1.29, 1.82) is 0 Å². The van der Waals surface area contributed by atoms with Crippen LogP contribution in [0.1, 0.15) is 45.7 Å². The van der Waals surface area contributed by atoms with E-state index in [1.54, 1.807) is 18.2 Å². The van der Waals surface area contributed by atoms with E-state index in [0.29, 0.717) is 12.1 Å². The van der Waals surface area contributed by atoms with Gasteiger partial charge in [-0.15, -0.1) is 0 Å². The largest absolute Gasteiger partial charge is 0.507 e. The van der Waals surface area contributed by atoms with Gasteiger partial charge in [-0.2, -0.15) is 0 Å². The topological polar surface area (TPSA) is 69.7 Å². The minimum atomic E-state index is -0.0537. The average Bonchev–Trinajstić information content (AvgIpc) is 2.37. The lowest BCUT2D eigenvalue weighted by Crippen LogP contribution is -2.40. The van der Waals surface area contributed by atoms with Gasteiger partial charge >= 0.3 is 0 Å². The van der Waals surface area contributed by atoms with Crippen molar-refractivity contribution in [2.45, 2.75) is 40.2 Å². The molecule has 0 amide bonds. The van der Waals surface area contributed by atoms with E-state index in [4.69, 9.17) is 5.73 Å². The van der Waals surface area contributed by atoms with Crippen LogP contribution in [0, 0.1) is 5.41 Å². The number of hydrogen-bond acceptors (Lipinski definition) is 4. The molecule has 0 heterocycles. The van der Waals surface area contributed by atoms with E-state index >= 15 is 0 Å². The zero-order chi connectivity index (χ0) is 15.3. The summed E-state index contributed by atoms with van der Waals surface area (Å²) in [5, 5.41) is 20.0. The quantitative estimate of drug-likeness (QED) is 0.718. The third-order valence-electron chi connectivity index (χ3n) is 3.72. The summed E-state index contributed by atoms with van der Waals surface area (Å²) in [5.41, 5.74) is 6.42. The summed E-state index contributed by atoms with van der Waals surface area (Å²) in [6.07, 6.45) is 1.01. The summed E-state index contributed by atoms with van der Waals surface area (Å²) >= 11 is 0. The van der Waals surface area contributed by atoms with Crippen molar-refractivity contribution in [3.8, 4) is 11.5 Å². The minimum absolute atomic E-state index is 0.00342. The fourth-order valence-corrected chi connectivity index (χ4v) is 2.46. The number of nitrogens with zero attached hydrogens (tertiary/aromatic N) is 1. The second-order valence-corrected chi connectivity index (χ2v) is 6.22. The van der Waals surface area contributed by atoms with Crippen LogP contribution in [0.5, 0.6) is 11.5 Å². The van der Waals surface area contributed by atoms with Crippen molar-refractivity contribution in [1.82, 2.24) is 4.90 Å². The van der Waals surface area contributed by atoms with Crippen LogP contribution in [0.25, 0.3) is 0 Å². The molecule has 20 heavy (non-hydrogen) atoms. The molecule has 1 rings (SSSR count). The highest BCUT2D eigenvalue weighted by Gasteiger charge is 2.26. The normalized spacial score (nSPS) is 13.7. The second-order valence-electron chi connectivity index (χ2n) is 6.22. The van der Waals surface area contributed by atoms with Crippen LogP contribution in [-0.2, 0) is 0 Å². The van der Waals surface area contributed by atoms with Crippen LogP contribution in [0.15, 0.2) is 18.2 Å². The number of phenols is 2. The van der Waals surface area contributed by atoms with Gasteiger partial charge < -0.3 is 15.9 Å². The molecule has 0 radical (unpaired) electrons. The first-order valence-corrected chi connectivity index (χ1v) is 7.27. The van der Waals surface area contributed by atoms with Crippen molar-refractivity contribution in [2.24, 2.45) is 11.1 Å². The molecule has 1 aromatic rings. The zero-order valence-electron chi connectivity index (χ0n) is 13.1. The Hall–Kier alpha value is -1.26. The van der Waals surface area contributed by atoms with E-state index in [2.05, 4.69) is 25.7 Å². The van der Waals surface area contributed by atoms with Crippen LogP contribution < -0.4 is 5.73 Å². The molecule has 4 heteroatoms. The molecule has 0 saturated heterocycles. The Morgan fingerprint density at radius 3 is 2.25 bits per heavy atom. The smallest absolute Gasteiger partial charge is 0.124 e. The highest BCUT2D eigenvalue weighted by atomic mass is 16.3. The van der Waals surface area contributed by atoms with Crippen LogP contribution in [-0.4, -0.2) is 34.7 Å². The molecule has 4 nitrogen and oxygen atoms in total. The monoisotopic (exact) mass is 280 g/mol. The third kappa shape index (κ3) is 4.12. The summed E-state index contributed by atoms with van der Waals surface area (Å²) < 4.78 is 0. The van der Waals surface area contributed by atoms with Gasteiger partial charge in [-0.1, -0.05) is 26.8 Å². The molecule has 4 N–H and O–H groups in total. The summed E-state index contributed by atoms with van der Waals surface area (Å²) in [6.45, 7) is 10.7. The Bertz CT molecular complexity index is 412. The highest BCUT2D eigenvalue weighted by molar-refractivity contribution is 5.45. The summed E-state index contributed by atoms with van der Waals surface area (Å²) in [4.78, 5) is 2.27. The summed E-state index contributed by atoms with van der Waals surface area (Å²) in [6, 6.07) is 4.82. The third-order valence-corrected chi connectivity index (χ3v) is 3.72. The van der Waals surface area contributed by atoms with Crippen LogP contribution >= 0.6 is 0 Å². The maximum Gasteiger partial charge on any atom is 0.124 e. The van der Waals surface area contributed by atoms with Crippen LogP contribution in [0.2, 0.25) is 0 Å². The first-order chi connectivity index (χ1) is 9.32. The van der Waals surface area contributed by atoms with Crippen molar-refractivity contribution < 1.29 is 10.2 Å². The molecule has 0 aromatic heterocycles. The molecule has 0 aliphatic rings. The molecule has 0 bridgehead atoms. The average molecular weight is 280 g/mol. The number of rotatable bonds is 7. The number of nitrogens with two attached hydrogens (primary N) is 1. The lowest BCUT2D eigenvalue weighted by molar-refractivity contribution is 0.137. The maximum atomic E-state index is 10.0. The molecule has 0 spiro atoms. The Labute approximate surface area is 122 Å². The summed E-state index contributed by atoms with van der Waals surface area (Å²) in [7, 11) is 0. The molecule has 1 unspecified atom stereocenters. The molecule has 114 valence electrons. The Morgan fingerprint density at radius 2 is 1.80 bits per heavy atom. The van der Waals surface area contributed by atoms with Gasteiger partial charge in [0, 0.05) is 12.6 Å².